The van der Waals surface area contributed by atoms with Gasteiger partial charge in [0, 0.05) is 16.8 Å². The van der Waals surface area contributed by atoms with Crippen LogP contribution in [0.15, 0.2) is 47.5 Å². The number of hydrogen-bond acceptors (Lipinski definition) is 4. The number of pyridine rings is 1. The molecule has 0 saturated carbocycles. The molecule has 84 valence electrons. The molecule has 1 aromatic carbocycles. The summed E-state index contributed by atoms with van der Waals surface area (Å²) in [5.41, 5.74) is 1.40. The molecule has 0 spiro atoms. The van der Waals surface area contributed by atoms with E-state index in [1.165, 1.54) is 0 Å². The number of rotatable bonds is 3. The van der Waals surface area contributed by atoms with Gasteiger partial charge >= 0.3 is 0 Å². The summed E-state index contributed by atoms with van der Waals surface area (Å²) >= 11 is 1.61. The van der Waals surface area contributed by atoms with Crippen LogP contribution in [0.25, 0.3) is 0 Å². The summed E-state index contributed by atoms with van der Waals surface area (Å²) < 4.78 is 0. The highest BCUT2D eigenvalue weighted by Gasteiger charge is 2.03. The molecule has 2 aromatic rings. The van der Waals surface area contributed by atoms with Crippen LogP contribution in [-0.4, -0.2) is 10.1 Å². The Hall–Kier alpha value is -1.99. The SMILES string of the molecule is N#Cc1ncccc1CSc1ccc(O)cc1. The van der Waals surface area contributed by atoms with Crippen LogP contribution < -0.4 is 0 Å². The highest BCUT2D eigenvalue weighted by atomic mass is 32.2. The topological polar surface area (TPSA) is 56.9 Å². The van der Waals surface area contributed by atoms with E-state index >= 15 is 0 Å². The summed E-state index contributed by atoms with van der Waals surface area (Å²) in [4.78, 5) is 5.06. The molecular formula is C13H10N2OS. The van der Waals surface area contributed by atoms with Gasteiger partial charge in [-0.3, -0.25) is 0 Å². The van der Waals surface area contributed by atoms with Gasteiger partial charge in [-0.1, -0.05) is 6.07 Å². The molecule has 1 N–H and O–H groups in total. The van der Waals surface area contributed by atoms with Crippen molar-refractivity contribution < 1.29 is 5.11 Å². The Morgan fingerprint density at radius 2 is 2.00 bits per heavy atom. The van der Waals surface area contributed by atoms with E-state index in [4.69, 9.17) is 10.4 Å². The van der Waals surface area contributed by atoms with E-state index in [0.29, 0.717) is 11.4 Å². The molecule has 0 aliphatic heterocycles. The molecule has 0 aliphatic rings. The number of phenolic OH excluding ortho intramolecular Hbond substituents is 1. The number of hydrogen-bond donors (Lipinski definition) is 1. The minimum atomic E-state index is 0.258. The highest BCUT2D eigenvalue weighted by molar-refractivity contribution is 7.98. The monoisotopic (exact) mass is 242 g/mol. The van der Waals surface area contributed by atoms with Crippen LogP contribution in [0, 0.1) is 11.3 Å². The zero-order chi connectivity index (χ0) is 12.1. The van der Waals surface area contributed by atoms with Gasteiger partial charge in [-0.05, 0) is 35.9 Å². The van der Waals surface area contributed by atoms with E-state index in [9.17, 15) is 0 Å². The van der Waals surface area contributed by atoms with Gasteiger partial charge in [0.1, 0.15) is 17.5 Å². The van der Waals surface area contributed by atoms with E-state index in [1.54, 1.807) is 30.1 Å². The van der Waals surface area contributed by atoms with Gasteiger partial charge in [0.25, 0.3) is 0 Å². The van der Waals surface area contributed by atoms with Crippen molar-refractivity contribution in [2.24, 2.45) is 0 Å². The van der Waals surface area contributed by atoms with Crippen LogP contribution in [0.1, 0.15) is 11.3 Å². The van der Waals surface area contributed by atoms with Crippen LogP contribution in [0.4, 0.5) is 0 Å². The molecule has 1 aromatic heterocycles. The molecule has 0 fully saturated rings. The summed E-state index contributed by atoms with van der Waals surface area (Å²) in [5, 5.41) is 18.1. The normalized spacial score (nSPS) is 9.82. The molecule has 1 heterocycles. The van der Waals surface area contributed by atoms with Crippen molar-refractivity contribution in [3.63, 3.8) is 0 Å². The zero-order valence-electron chi connectivity index (χ0n) is 9.00. The number of benzene rings is 1. The van der Waals surface area contributed by atoms with Gasteiger partial charge in [0.05, 0.1) is 0 Å². The number of aromatic nitrogens is 1. The summed E-state index contributed by atoms with van der Waals surface area (Å²) in [6, 6.07) is 12.8. The van der Waals surface area contributed by atoms with E-state index in [1.807, 2.05) is 24.3 Å². The maximum atomic E-state index is 9.16. The number of aromatic hydroxyl groups is 1. The van der Waals surface area contributed by atoms with Gasteiger partial charge in [0.2, 0.25) is 0 Å². The molecule has 0 atom stereocenters. The van der Waals surface area contributed by atoms with Crippen LogP contribution >= 0.6 is 11.8 Å². The molecule has 0 saturated heterocycles. The number of nitriles is 1. The summed E-state index contributed by atoms with van der Waals surface area (Å²) in [5.74, 6) is 0.954. The van der Waals surface area contributed by atoms with Crippen LogP contribution in [0.2, 0.25) is 0 Å². The Bertz CT molecular complexity index is 546. The van der Waals surface area contributed by atoms with Gasteiger partial charge < -0.3 is 5.11 Å². The third-order valence-electron chi connectivity index (χ3n) is 2.23. The predicted molar refractivity (Wildman–Crippen MR) is 66.6 cm³/mol. The van der Waals surface area contributed by atoms with Crippen molar-refractivity contribution in [2.75, 3.05) is 0 Å². The van der Waals surface area contributed by atoms with Gasteiger partial charge in [0.15, 0.2) is 0 Å². The van der Waals surface area contributed by atoms with Crippen molar-refractivity contribution in [1.29, 1.82) is 5.26 Å². The molecular weight excluding hydrogens is 232 g/mol. The quantitative estimate of drug-likeness (QED) is 0.841. The lowest BCUT2D eigenvalue weighted by Gasteiger charge is -2.03. The van der Waals surface area contributed by atoms with Crippen molar-refractivity contribution in [3.05, 3.63) is 53.9 Å². The lowest BCUT2D eigenvalue weighted by molar-refractivity contribution is 0.475. The Kier molecular flexibility index (Phi) is 3.63. The number of thioether (sulfide) groups is 1. The number of nitrogens with zero attached hydrogens (tertiary/aromatic N) is 2. The predicted octanol–water partition coefficient (Wildman–Crippen LogP) is 2.95. The first-order valence-electron chi connectivity index (χ1n) is 5.05. The van der Waals surface area contributed by atoms with Gasteiger partial charge in [-0.2, -0.15) is 5.26 Å². The first kappa shape index (κ1) is 11.5. The maximum absolute atomic E-state index is 9.16. The smallest absolute Gasteiger partial charge is 0.144 e. The third kappa shape index (κ3) is 2.99. The van der Waals surface area contributed by atoms with E-state index < -0.39 is 0 Å². The van der Waals surface area contributed by atoms with E-state index in [0.717, 1.165) is 10.5 Å². The van der Waals surface area contributed by atoms with Crippen molar-refractivity contribution >= 4 is 11.8 Å². The number of phenols is 1. The minimum Gasteiger partial charge on any atom is -0.508 e. The van der Waals surface area contributed by atoms with Crippen LogP contribution in [0.3, 0.4) is 0 Å². The maximum Gasteiger partial charge on any atom is 0.144 e. The first-order valence-corrected chi connectivity index (χ1v) is 6.04. The molecule has 0 amide bonds. The molecule has 17 heavy (non-hydrogen) atoms. The van der Waals surface area contributed by atoms with E-state index in [2.05, 4.69) is 11.1 Å². The minimum absolute atomic E-state index is 0.258. The molecule has 0 aliphatic carbocycles. The molecule has 4 heteroatoms. The van der Waals surface area contributed by atoms with Crippen molar-refractivity contribution in [2.45, 2.75) is 10.6 Å². The van der Waals surface area contributed by atoms with Crippen LogP contribution in [0.5, 0.6) is 5.75 Å². The van der Waals surface area contributed by atoms with Crippen molar-refractivity contribution in [1.82, 2.24) is 4.98 Å². The first-order chi connectivity index (χ1) is 8.29. The summed E-state index contributed by atoms with van der Waals surface area (Å²) in [6.07, 6.45) is 1.62. The lowest BCUT2D eigenvalue weighted by Crippen LogP contribution is -1.90. The third-order valence-corrected chi connectivity index (χ3v) is 3.29. The largest absolute Gasteiger partial charge is 0.508 e. The van der Waals surface area contributed by atoms with Crippen LogP contribution in [-0.2, 0) is 5.75 Å². The van der Waals surface area contributed by atoms with Gasteiger partial charge in [-0.25, -0.2) is 4.98 Å². The second kappa shape index (κ2) is 5.37. The molecule has 3 nitrogen and oxygen atoms in total. The van der Waals surface area contributed by atoms with Gasteiger partial charge in [-0.15, -0.1) is 11.8 Å². The second-order valence-electron chi connectivity index (χ2n) is 3.41. The Morgan fingerprint density at radius 3 is 2.71 bits per heavy atom. The molecule has 2 rings (SSSR count). The fraction of sp³-hybridized carbons (Fsp3) is 0.0769. The Morgan fingerprint density at radius 1 is 1.24 bits per heavy atom. The fourth-order valence-corrected chi connectivity index (χ4v) is 2.24. The Balaban J connectivity index is 2.08. The summed E-state index contributed by atoms with van der Waals surface area (Å²) in [7, 11) is 0. The molecule has 0 bridgehead atoms. The fourth-order valence-electron chi connectivity index (χ4n) is 1.36. The molecule has 0 radical (unpaired) electrons. The average Bonchev–Trinajstić information content (AvgIpc) is 2.38. The average molecular weight is 242 g/mol. The standard InChI is InChI=1S/C13H10N2OS/c14-8-13-10(2-1-7-15-13)9-17-12-5-3-11(16)4-6-12/h1-7,16H,9H2. The van der Waals surface area contributed by atoms with E-state index in [-0.39, 0.29) is 5.75 Å². The summed E-state index contributed by atoms with van der Waals surface area (Å²) in [6.45, 7) is 0. The lowest BCUT2D eigenvalue weighted by atomic mass is 10.2. The van der Waals surface area contributed by atoms with Crippen molar-refractivity contribution in [3.8, 4) is 11.8 Å². The zero-order valence-corrected chi connectivity index (χ0v) is 9.81. The highest BCUT2D eigenvalue weighted by Crippen LogP contribution is 2.25. The Labute approximate surface area is 104 Å². The second-order valence-corrected chi connectivity index (χ2v) is 4.45. The molecule has 0 unspecified atom stereocenters.